The zero-order valence-electron chi connectivity index (χ0n) is 22.9. The van der Waals surface area contributed by atoms with Gasteiger partial charge in [-0.05, 0) is 126 Å². The van der Waals surface area contributed by atoms with Crippen LogP contribution in [0.4, 0.5) is 0 Å². The highest BCUT2D eigenvalue weighted by Gasteiger charge is 2.59. The van der Waals surface area contributed by atoms with E-state index in [0.29, 0.717) is 23.0 Å². The number of hydrogen-bond donors (Lipinski definition) is 0. The highest BCUT2D eigenvalue weighted by molar-refractivity contribution is 6.02. The molecular formula is C31H48N2O. The fourth-order valence-electron chi connectivity index (χ4n) is 9.57. The average molecular weight is 465 g/mol. The molecule has 1 heterocycles. The molecule has 5 rings (SSSR count). The number of fused-ring (bicyclic) bond motifs is 5. The van der Waals surface area contributed by atoms with Gasteiger partial charge >= 0.3 is 0 Å². The molecule has 1 aliphatic heterocycles. The molecule has 3 fully saturated rings. The maximum Gasteiger partial charge on any atom is 0.153 e. The summed E-state index contributed by atoms with van der Waals surface area (Å²) in [6, 6.07) is 0.128. The quantitative estimate of drug-likeness (QED) is 0.425. The smallest absolute Gasteiger partial charge is 0.153 e. The van der Waals surface area contributed by atoms with E-state index in [2.05, 4.69) is 59.7 Å². The lowest BCUT2D eigenvalue weighted by Crippen LogP contribution is -2.56. The van der Waals surface area contributed by atoms with E-state index in [9.17, 15) is 4.79 Å². The van der Waals surface area contributed by atoms with Crippen molar-refractivity contribution in [2.45, 2.75) is 98.4 Å². The molecule has 3 saturated carbocycles. The molecule has 0 saturated heterocycles. The number of hydrogen-bond acceptors (Lipinski definition) is 3. The Labute approximate surface area is 208 Å². The molecule has 0 aromatic heterocycles. The Morgan fingerprint density at radius 1 is 1.06 bits per heavy atom. The first kappa shape index (κ1) is 24.5. The van der Waals surface area contributed by atoms with Gasteiger partial charge in [0.15, 0.2) is 5.78 Å². The molecule has 0 bridgehead atoms. The molecule has 3 nitrogen and oxygen atoms in total. The van der Waals surface area contributed by atoms with Crippen LogP contribution in [0, 0.1) is 40.4 Å². The molecule has 4 unspecified atom stereocenters. The summed E-state index contributed by atoms with van der Waals surface area (Å²) in [5, 5.41) is 0. The molecule has 8 atom stereocenters. The molecule has 4 aliphatic carbocycles. The SMILES string of the molecule is CC(C)=C1CCN=C1CC(C)[C@H]1CCC2C3=CCC4C(=O)[C@@H](N(C)C)CC[C@]4(C)C3CC[C@@]21C. The lowest BCUT2D eigenvalue weighted by molar-refractivity contribution is -0.140. The van der Waals surface area contributed by atoms with Crippen LogP contribution in [0.25, 0.3) is 0 Å². The highest BCUT2D eigenvalue weighted by Crippen LogP contribution is 2.66. The average Bonchev–Trinajstić information content (AvgIpc) is 3.37. The Hall–Kier alpha value is -1.22. The van der Waals surface area contributed by atoms with Crippen molar-refractivity contribution in [3.8, 4) is 0 Å². The molecule has 0 spiro atoms. The van der Waals surface area contributed by atoms with Gasteiger partial charge in [0.2, 0.25) is 0 Å². The van der Waals surface area contributed by atoms with Crippen LogP contribution in [0.1, 0.15) is 92.4 Å². The molecule has 188 valence electrons. The predicted molar refractivity (Wildman–Crippen MR) is 142 cm³/mol. The number of carbonyl (C=O) groups excluding carboxylic acids is 1. The number of carbonyl (C=O) groups is 1. The van der Waals surface area contributed by atoms with Crippen molar-refractivity contribution in [1.82, 2.24) is 4.90 Å². The second kappa shape index (κ2) is 8.71. The van der Waals surface area contributed by atoms with Gasteiger partial charge in [-0.3, -0.25) is 14.7 Å². The van der Waals surface area contributed by atoms with Crippen LogP contribution in [-0.2, 0) is 4.79 Å². The van der Waals surface area contributed by atoms with Gasteiger partial charge in [0.1, 0.15) is 0 Å². The minimum Gasteiger partial charge on any atom is -0.300 e. The Morgan fingerprint density at radius 3 is 2.47 bits per heavy atom. The number of rotatable bonds is 4. The van der Waals surface area contributed by atoms with Crippen molar-refractivity contribution in [1.29, 1.82) is 0 Å². The second-order valence-electron chi connectivity index (χ2n) is 13.5. The first-order chi connectivity index (χ1) is 16.1. The fourth-order valence-corrected chi connectivity index (χ4v) is 9.57. The fraction of sp³-hybridized carbons (Fsp3) is 0.806. The summed E-state index contributed by atoms with van der Waals surface area (Å²) >= 11 is 0. The molecular weight excluding hydrogens is 416 g/mol. The van der Waals surface area contributed by atoms with Crippen molar-refractivity contribution in [2.24, 2.45) is 45.4 Å². The van der Waals surface area contributed by atoms with Gasteiger partial charge in [-0.25, -0.2) is 0 Å². The summed E-state index contributed by atoms with van der Waals surface area (Å²) in [4.78, 5) is 20.6. The monoisotopic (exact) mass is 464 g/mol. The van der Waals surface area contributed by atoms with Crippen LogP contribution in [0.15, 0.2) is 27.8 Å². The van der Waals surface area contributed by atoms with Crippen molar-refractivity contribution in [3.63, 3.8) is 0 Å². The zero-order valence-corrected chi connectivity index (χ0v) is 22.9. The molecule has 34 heavy (non-hydrogen) atoms. The first-order valence-corrected chi connectivity index (χ1v) is 14.2. The van der Waals surface area contributed by atoms with Gasteiger partial charge < -0.3 is 0 Å². The van der Waals surface area contributed by atoms with Crippen LogP contribution >= 0.6 is 0 Å². The van der Waals surface area contributed by atoms with Crippen molar-refractivity contribution >= 4 is 11.5 Å². The third-order valence-electron chi connectivity index (χ3n) is 11.4. The topological polar surface area (TPSA) is 32.7 Å². The van der Waals surface area contributed by atoms with Crippen molar-refractivity contribution < 1.29 is 4.79 Å². The number of likely N-dealkylation sites (N-methyl/N-ethyl adjacent to an activating group) is 1. The third kappa shape index (κ3) is 3.62. The van der Waals surface area contributed by atoms with Gasteiger partial charge in [0, 0.05) is 18.2 Å². The normalized spacial score (nSPS) is 42.6. The lowest BCUT2D eigenvalue weighted by atomic mass is 9.47. The van der Waals surface area contributed by atoms with E-state index < -0.39 is 0 Å². The maximum atomic E-state index is 13.5. The van der Waals surface area contributed by atoms with Crippen LogP contribution < -0.4 is 0 Å². The Morgan fingerprint density at radius 2 is 1.76 bits per heavy atom. The van der Waals surface area contributed by atoms with E-state index in [0.717, 1.165) is 44.1 Å². The molecule has 0 N–H and O–H groups in total. The Kier molecular flexibility index (Phi) is 6.27. The Balaban J connectivity index is 1.37. The van der Waals surface area contributed by atoms with Gasteiger partial charge in [0.25, 0.3) is 0 Å². The minimum atomic E-state index is 0.128. The summed E-state index contributed by atoms with van der Waals surface area (Å²) in [5.41, 5.74) is 6.78. The number of nitrogens with zero attached hydrogens (tertiary/aromatic N) is 2. The highest BCUT2D eigenvalue weighted by atomic mass is 16.1. The largest absolute Gasteiger partial charge is 0.300 e. The molecule has 0 radical (unpaired) electrons. The summed E-state index contributed by atoms with van der Waals surface area (Å²) in [7, 11) is 4.16. The summed E-state index contributed by atoms with van der Waals surface area (Å²) in [5.74, 6) is 3.59. The third-order valence-corrected chi connectivity index (χ3v) is 11.4. The first-order valence-electron chi connectivity index (χ1n) is 14.2. The summed E-state index contributed by atoms with van der Waals surface area (Å²) in [6.45, 7) is 13.1. The van der Waals surface area contributed by atoms with Gasteiger partial charge in [-0.1, -0.05) is 38.0 Å². The zero-order chi connectivity index (χ0) is 24.4. The minimum absolute atomic E-state index is 0.128. The summed E-state index contributed by atoms with van der Waals surface area (Å²) in [6.07, 6.45) is 13.5. The standard InChI is InChI=1S/C31H48N2O/c1-19(2)21-14-17-32-27(21)18-20(3)23-10-11-24-22-8-9-26-29(34)28(33(6)7)13-16-31(26,5)25(22)12-15-30(23,24)4/h8,20,23-26,28H,9-18H2,1-7H3/t20?,23-,24?,25?,26?,28+,30-,31-/m1/s1. The predicted octanol–water partition coefficient (Wildman–Crippen LogP) is 6.88. The van der Waals surface area contributed by atoms with Gasteiger partial charge in [-0.2, -0.15) is 0 Å². The second-order valence-corrected chi connectivity index (χ2v) is 13.5. The van der Waals surface area contributed by atoms with E-state index in [1.54, 1.807) is 11.1 Å². The van der Waals surface area contributed by atoms with E-state index >= 15 is 0 Å². The molecule has 5 aliphatic rings. The maximum absolute atomic E-state index is 13.5. The van der Waals surface area contributed by atoms with E-state index in [4.69, 9.17) is 4.99 Å². The van der Waals surface area contributed by atoms with Crippen molar-refractivity contribution in [3.05, 3.63) is 22.8 Å². The molecule has 0 aromatic rings. The molecule has 3 heteroatoms. The summed E-state index contributed by atoms with van der Waals surface area (Å²) < 4.78 is 0. The van der Waals surface area contributed by atoms with E-state index in [1.165, 1.54) is 43.4 Å². The lowest BCUT2D eigenvalue weighted by Gasteiger charge is -2.57. The molecule has 0 aromatic carbocycles. The van der Waals surface area contributed by atoms with Gasteiger partial charge in [0.05, 0.1) is 6.04 Å². The van der Waals surface area contributed by atoms with E-state index in [-0.39, 0.29) is 17.4 Å². The van der Waals surface area contributed by atoms with Crippen LogP contribution in [0.5, 0.6) is 0 Å². The van der Waals surface area contributed by atoms with Gasteiger partial charge in [-0.15, -0.1) is 0 Å². The molecule has 0 amide bonds. The number of ketones is 1. The van der Waals surface area contributed by atoms with E-state index in [1.807, 2.05) is 0 Å². The number of allylic oxidation sites excluding steroid dienone is 3. The van der Waals surface area contributed by atoms with Crippen LogP contribution in [0.3, 0.4) is 0 Å². The Bertz CT molecular complexity index is 937. The van der Waals surface area contributed by atoms with Crippen LogP contribution in [0.2, 0.25) is 0 Å². The van der Waals surface area contributed by atoms with Crippen LogP contribution in [-0.4, -0.2) is 43.1 Å². The number of aliphatic imine (C=N–C) groups is 1. The number of Topliss-reactive ketones (excluding diaryl/α,β-unsaturated/α-hetero) is 1. The van der Waals surface area contributed by atoms with Crippen molar-refractivity contribution in [2.75, 3.05) is 20.6 Å².